The van der Waals surface area contributed by atoms with Gasteiger partial charge in [-0.2, -0.15) is 0 Å². The minimum Gasteiger partial charge on any atom is -0.426 e. The Morgan fingerprint density at radius 2 is 1.20 bits per heavy atom. The predicted octanol–water partition coefficient (Wildman–Crippen LogP) is 4.71. The number of rotatable bonds is 2. The maximum absolute atomic E-state index is 5.12. The molecular formula is C18H38N5Si2-. The second-order valence-corrected chi connectivity index (χ2v) is 18.5. The van der Waals surface area contributed by atoms with Gasteiger partial charge in [0.2, 0.25) is 0 Å². The average Bonchev–Trinajstić information content (AvgIpc) is 2.53. The zero-order valence-corrected chi connectivity index (χ0v) is 19.3. The Hall–Kier alpha value is -0.826. The van der Waals surface area contributed by atoms with E-state index in [0.29, 0.717) is 0 Å². The minimum absolute atomic E-state index is 0.960. The van der Waals surface area contributed by atoms with E-state index in [9.17, 15) is 0 Å². The van der Waals surface area contributed by atoms with Crippen molar-refractivity contribution in [1.29, 1.82) is 0 Å². The van der Waals surface area contributed by atoms with Crippen LogP contribution in [0.3, 0.4) is 0 Å². The van der Waals surface area contributed by atoms with E-state index < -0.39 is 16.5 Å². The maximum Gasteiger partial charge on any atom is 0.175 e. The van der Waals surface area contributed by atoms with E-state index in [1.807, 2.05) is 0 Å². The van der Waals surface area contributed by atoms with Crippen LogP contribution < -0.4 is 0 Å². The molecule has 2 aliphatic heterocycles. The first-order valence-electron chi connectivity index (χ1n) is 10.1. The molecule has 2 saturated heterocycles. The van der Waals surface area contributed by atoms with E-state index >= 15 is 0 Å². The minimum atomic E-state index is -1.59. The largest absolute Gasteiger partial charge is 0.426 e. The highest BCUT2D eigenvalue weighted by molar-refractivity contribution is 6.84. The summed E-state index contributed by atoms with van der Waals surface area (Å²) in [6.45, 7) is 18.1. The Kier molecular flexibility index (Phi) is 7.13. The molecule has 0 aromatic heterocycles. The molecule has 0 saturated carbocycles. The van der Waals surface area contributed by atoms with Gasteiger partial charge in [-0.3, -0.25) is 0 Å². The molecule has 0 aromatic rings. The third-order valence-electron chi connectivity index (χ3n) is 4.35. The predicted molar refractivity (Wildman–Crippen MR) is 116 cm³/mol. The molecule has 144 valence electrons. The summed E-state index contributed by atoms with van der Waals surface area (Å²) in [5.74, 6) is 1.92. The molecule has 0 bridgehead atoms. The molecule has 0 amide bonds. The monoisotopic (exact) mass is 380 g/mol. The van der Waals surface area contributed by atoms with E-state index in [1.165, 1.54) is 38.5 Å². The van der Waals surface area contributed by atoms with Gasteiger partial charge in [0.1, 0.15) is 5.96 Å². The van der Waals surface area contributed by atoms with Crippen molar-refractivity contribution in [2.75, 3.05) is 26.2 Å². The summed E-state index contributed by atoms with van der Waals surface area (Å²) in [6.07, 6.45) is 7.68. The van der Waals surface area contributed by atoms with Crippen LogP contribution in [-0.2, 0) is 0 Å². The zero-order valence-electron chi connectivity index (χ0n) is 17.3. The Labute approximate surface area is 157 Å². The third kappa shape index (κ3) is 7.52. The molecule has 2 fully saturated rings. The van der Waals surface area contributed by atoms with Crippen LogP contribution in [0.1, 0.15) is 38.5 Å². The van der Waals surface area contributed by atoms with Gasteiger partial charge >= 0.3 is 0 Å². The first-order valence-corrected chi connectivity index (χ1v) is 16.9. The van der Waals surface area contributed by atoms with Crippen molar-refractivity contribution < 1.29 is 0 Å². The van der Waals surface area contributed by atoms with E-state index in [4.69, 9.17) is 14.6 Å². The summed E-state index contributed by atoms with van der Waals surface area (Å²) in [6, 6.07) is 0. The van der Waals surface area contributed by atoms with Gasteiger partial charge in [0, 0.05) is 19.0 Å². The molecule has 0 unspecified atom stereocenters. The standard InChI is InChI=1S/C18H38N5Si2/c1-24(2,3)20-17(22-13-9-7-10-14-22)19-18(21-25(4,5)6)23-15-11-8-12-16-23/h7-16H2,1-6H3/q-1. The third-order valence-corrected chi connectivity index (χ3v) is 6.09. The first-order chi connectivity index (χ1) is 11.6. The van der Waals surface area contributed by atoms with Gasteiger partial charge < -0.3 is 24.4 Å². The molecule has 7 heteroatoms. The fourth-order valence-electron chi connectivity index (χ4n) is 3.21. The highest BCUT2D eigenvalue weighted by atomic mass is 28.3. The van der Waals surface area contributed by atoms with E-state index in [-0.39, 0.29) is 0 Å². The molecule has 0 spiro atoms. The summed E-state index contributed by atoms with van der Waals surface area (Å²) in [5, 5.41) is 0. The zero-order chi connectivity index (χ0) is 18.5. The van der Waals surface area contributed by atoms with Crippen molar-refractivity contribution in [2.24, 2.45) is 9.65 Å². The normalized spacial score (nSPS) is 21.5. The fourth-order valence-corrected chi connectivity index (χ4v) is 4.79. The molecule has 2 aliphatic rings. The highest BCUT2D eigenvalue weighted by Gasteiger charge is 2.20. The molecule has 0 atom stereocenters. The lowest BCUT2D eigenvalue weighted by Gasteiger charge is -2.42. The SMILES string of the molecule is C[Si](C)(C)/N=C(/N=C(/[N-][Si](C)(C)C)N1CCCCC1)N1CCCCC1. The Bertz CT molecular complexity index is 479. The molecule has 2 rings (SSSR count). The molecule has 0 radical (unpaired) electrons. The van der Waals surface area contributed by atoms with Gasteiger partial charge in [-0.05, 0) is 64.8 Å². The molecular weight excluding hydrogens is 342 g/mol. The quantitative estimate of drug-likeness (QED) is 0.395. The number of hydrogen-bond acceptors (Lipinski definition) is 1. The smallest absolute Gasteiger partial charge is 0.175 e. The molecule has 0 aromatic carbocycles. The van der Waals surface area contributed by atoms with E-state index in [2.05, 4.69) is 49.1 Å². The Morgan fingerprint density at radius 1 is 0.720 bits per heavy atom. The lowest BCUT2D eigenvalue weighted by atomic mass is 10.1. The van der Waals surface area contributed by atoms with Gasteiger partial charge in [-0.15, -0.1) is 0 Å². The molecule has 2 heterocycles. The van der Waals surface area contributed by atoms with Gasteiger partial charge in [0.25, 0.3) is 0 Å². The second-order valence-electron chi connectivity index (χ2n) is 9.37. The Balaban J connectivity index is 2.33. The first kappa shape index (κ1) is 20.5. The van der Waals surface area contributed by atoms with Crippen molar-refractivity contribution in [2.45, 2.75) is 77.8 Å². The number of piperidine rings is 2. The van der Waals surface area contributed by atoms with Crippen molar-refractivity contribution in [3.8, 4) is 0 Å². The van der Waals surface area contributed by atoms with Crippen LogP contribution in [0, 0.1) is 0 Å². The molecule has 0 N–H and O–H groups in total. The highest BCUT2D eigenvalue weighted by Crippen LogP contribution is 2.20. The van der Waals surface area contributed by atoms with Crippen LogP contribution in [0.4, 0.5) is 0 Å². The van der Waals surface area contributed by atoms with Crippen molar-refractivity contribution >= 4 is 28.4 Å². The van der Waals surface area contributed by atoms with Crippen LogP contribution in [0.5, 0.6) is 0 Å². The molecule has 5 nitrogen and oxygen atoms in total. The summed E-state index contributed by atoms with van der Waals surface area (Å²) in [7, 11) is -3.18. The summed E-state index contributed by atoms with van der Waals surface area (Å²) in [4.78, 5) is 15.1. The van der Waals surface area contributed by atoms with E-state index in [0.717, 1.165) is 38.1 Å². The fraction of sp³-hybridized carbons (Fsp3) is 0.889. The summed E-state index contributed by atoms with van der Waals surface area (Å²) >= 11 is 0. The van der Waals surface area contributed by atoms with Crippen LogP contribution >= 0.6 is 0 Å². The van der Waals surface area contributed by atoms with Crippen LogP contribution in [-0.4, -0.2) is 64.4 Å². The molecule has 25 heavy (non-hydrogen) atoms. The topological polar surface area (TPSA) is 45.3 Å². The maximum atomic E-state index is 5.12. The van der Waals surface area contributed by atoms with Gasteiger partial charge in [0.05, 0.1) is 8.24 Å². The van der Waals surface area contributed by atoms with Gasteiger partial charge in [0.15, 0.2) is 8.24 Å². The Morgan fingerprint density at radius 3 is 1.64 bits per heavy atom. The number of hydrogen-bond donors (Lipinski definition) is 0. The van der Waals surface area contributed by atoms with Crippen molar-refractivity contribution in [3.05, 3.63) is 4.98 Å². The van der Waals surface area contributed by atoms with Crippen molar-refractivity contribution in [1.82, 2.24) is 9.80 Å². The number of aliphatic imine (C=N–C) groups is 1. The number of likely N-dealkylation sites (tertiary alicyclic amines) is 2. The van der Waals surface area contributed by atoms with Crippen LogP contribution in [0.25, 0.3) is 4.98 Å². The number of nitrogens with zero attached hydrogens (tertiary/aromatic N) is 5. The lowest BCUT2D eigenvalue weighted by molar-refractivity contribution is 0.333. The second kappa shape index (κ2) is 8.71. The molecule has 0 aliphatic carbocycles. The summed E-state index contributed by atoms with van der Waals surface area (Å²) < 4.78 is 5.12. The van der Waals surface area contributed by atoms with Crippen LogP contribution in [0.2, 0.25) is 39.3 Å². The average molecular weight is 381 g/mol. The van der Waals surface area contributed by atoms with Crippen LogP contribution in [0.15, 0.2) is 9.65 Å². The van der Waals surface area contributed by atoms with Crippen molar-refractivity contribution in [3.63, 3.8) is 0 Å². The van der Waals surface area contributed by atoms with Gasteiger partial charge in [-0.25, -0.2) is 0 Å². The summed E-state index contributed by atoms with van der Waals surface area (Å²) in [5.41, 5.74) is 0. The lowest BCUT2D eigenvalue weighted by Crippen LogP contribution is -2.42. The number of guanidine groups is 2. The van der Waals surface area contributed by atoms with Gasteiger partial charge in [-0.1, -0.05) is 26.1 Å². The van der Waals surface area contributed by atoms with E-state index in [1.54, 1.807) is 0 Å².